The molecule has 0 radical (unpaired) electrons. The molecule has 0 saturated heterocycles. The van der Waals surface area contributed by atoms with Gasteiger partial charge >= 0.3 is 6.18 Å². The summed E-state index contributed by atoms with van der Waals surface area (Å²) in [4.78, 5) is 3.72. The van der Waals surface area contributed by atoms with Crippen molar-refractivity contribution < 1.29 is 17.4 Å². The Hall–Kier alpha value is -0.630. The van der Waals surface area contributed by atoms with E-state index in [1.54, 1.807) is 13.8 Å². The molecule has 0 fully saturated rings. The molecule has 1 aromatic rings. The fourth-order valence-electron chi connectivity index (χ4n) is 0.933. The largest absolute Gasteiger partial charge is 0.417 e. The Morgan fingerprint density at radius 3 is 2.53 bits per heavy atom. The average Bonchev–Trinajstić information content (AvgIpc) is 2.19. The highest BCUT2D eigenvalue weighted by Gasteiger charge is 2.33. The van der Waals surface area contributed by atoms with Crippen LogP contribution in [0, 0.1) is 0 Å². The summed E-state index contributed by atoms with van der Waals surface area (Å²) >= 11 is 2.78. The van der Waals surface area contributed by atoms with Gasteiger partial charge in [-0.3, -0.25) is 4.72 Å². The number of hydrogen-bond acceptors (Lipinski definition) is 2. The van der Waals surface area contributed by atoms with Crippen LogP contribution < -0.4 is 4.72 Å². The minimum absolute atomic E-state index is 0.0624. The molecule has 1 aromatic heterocycles. The van der Waals surface area contributed by atoms with Gasteiger partial charge in [0.25, 0.3) is 0 Å². The van der Waals surface area contributed by atoms with Crippen molar-refractivity contribution in [3.05, 3.63) is 22.3 Å². The van der Waals surface area contributed by atoms with Gasteiger partial charge in [0.2, 0.25) is 0 Å². The normalized spacial score (nSPS) is 13.8. The number of anilines is 1. The molecule has 96 valence electrons. The fraction of sp³-hybridized carbons (Fsp3) is 0.444. The molecule has 3 nitrogen and oxygen atoms in total. The number of halogens is 4. The molecule has 1 heterocycles. The number of hydrogen-bond donors (Lipinski definition) is 1. The van der Waals surface area contributed by atoms with Crippen LogP contribution in [0.3, 0.4) is 0 Å². The molecule has 0 aliphatic heterocycles. The summed E-state index contributed by atoms with van der Waals surface area (Å²) in [6, 6.07) is 0.824. The second-order valence-electron chi connectivity index (χ2n) is 3.50. The number of alkyl halides is 3. The number of pyridine rings is 1. The Labute approximate surface area is 108 Å². The first-order valence-corrected chi connectivity index (χ1v) is 6.62. The lowest BCUT2D eigenvalue weighted by Crippen LogP contribution is -2.16. The van der Waals surface area contributed by atoms with Gasteiger partial charge in [-0.05, 0) is 35.8 Å². The van der Waals surface area contributed by atoms with Gasteiger partial charge in [0.05, 0.1) is 5.56 Å². The highest BCUT2D eigenvalue weighted by atomic mass is 79.9. The van der Waals surface area contributed by atoms with E-state index in [-0.39, 0.29) is 15.5 Å². The molecule has 1 rings (SSSR count). The summed E-state index contributed by atoms with van der Waals surface area (Å²) in [6.07, 6.45) is -3.44. The first-order chi connectivity index (χ1) is 7.71. The maximum absolute atomic E-state index is 12.6. The molecular weight excluding hydrogens is 321 g/mol. The number of nitrogens with one attached hydrogen (secondary N) is 1. The Morgan fingerprint density at radius 1 is 1.47 bits per heavy atom. The third-order valence-corrected chi connectivity index (χ3v) is 3.69. The van der Waals surface area contributed by atoms with Crippen molar-refractivity contribution in [3.63, 3.8) is 0 Å². The zero-order chi connectivity index (χ0) is 13.2. The molecule has 0 aliphatic carbocycles. The molecule has 1 unspecified atom stereocenters. The SMILES string of the molecule is CC(C)S(=O)Nc1cc(C(F)(F)F)c(Br)cn1. The van der Waals surface area contributed by atoms with E-state index in [0.29, 0.717) is 0 Å². The van der Waals surface area contributed by atoms with Gasteiger partial charge in [-0.2, -0.15) is 13.2 Å². The fourth-order valence-corrected chi connectivity index (χ4v) is 1.93. The highest BCUT2D eigenvalue weighted by Crippen LogP contribution is 2.35. The van der Waals surface area contributed by atoms with Crippen LogP contribution in [0.25, 0.3) is 0 Å². The first kappa shape index (κ1) is 14.4. The Balaban J connectivity index is 3.01. The summed E-state index contributed by atoms with van der Waals surface area (Å²) in [7, 11) is -1.46. The Kier molecular flexibility index (Phi) is 4.54. The molecule has 0 bridgehead atoms. The van der Waals surface area contributed by atoms with Crippen LogP contribution in [0.15, 0.2) is 16.7 Å². The Bertz CT molecular complexity index is 437. The van der Waals surface area contributed by atoms with Crippen LogP contribution in [0.5, 0.6) is 0 Å². The standard InChI is InChI=1S/C9H10BrF3N2OS/c1-5(2)17(16)15-8-3-6(9(11,12)13)7(10)4-14-8/h3-5H,1-2H3,(H,14,15). The van der Waals surface area contributed by atoms with Gasteiger partial charge in [0, 0.05) is 15.9 Å². The minimum Gasteiger partial charge on any atom is -0.289 e. The minimum atomic E-state index is -4.47. The van der Waals surface area contributed by atoms with Crippen LogP contribution in [-0.4, -0.2) is 14.4 Å². The van der Waals surface area contributed by atoms with E-state index in [1.165, 1.54) is 0 Å². The average molecular weight is 331 g/mol. The Morgan fingerprint density at radius 2 is 2.06 bits per heavy atom. The maximum atomic E-state index is 12.6. The molecule has 0 saturated carbocycles. The lowest BCUT2D eigenvalue weighted by molar-refractivity contribution is -0.138. The summed E-state index contributed by atoms with van der Waals surface area (Å²) < 4.78 is 51.4. The third kappa shape index (κ3) is 3.95. The molecule has 0 aromatic carbocycles. The summed E-state index contributed by atoms with van der Waals surface area (Å²) in [5.41, 5.74) is -0.851. The van der Waals surface area contributed by atoms with E-state index in [9.17, 15) is 17.4 Å². The van der Waals surface area contributed by atoms with Crippen molar-refractivity contribution in [2.24, 2.45) is 0 Å². The molecule has 17 heavy (non-hydrogen) atoms. The quantitative estimate of drug-likeness (QED) is 0.923. The second-order valence-corrected chi connectivity index (χ2v) is 6.09. The monoisotopic (exact) mass is 330 g/mol. The number of rotatable bonds is 3. The lowest BCUT2D eigenvalue weighted by Gasteiger charge is -2.12. The summed E-state index contributed by atoms with van der Waals surface area (Å²) in [5.74, 6) is -0.0624. The van der Waals surface area contributed by atoms with E-state index in [2.05, 4.69) is 25.6 Å². The van der Waals surface area contributed by atoms with Gasteiger partial charge in [0.15, 0.2) is 0 Å². The lowest BCUT2D eigenvalue weighted by atomic mass is 10.2. The number of aromatic nitrogens is 1. The van der Waals surface area contributed by atoms with E-state index < -0.39 is 22.7 Å². The number of nitrogens with zero attached hydrogens (tertiary/aromatic N) is 1. The van der Waals surface area contributed by atoms with E-state index in [4.69, 9.17) is 0 Å². The maximum Gasteiger partial charge on any atom is 0.417 e. The zero-order valence-electron chi connectivity index (χ0n) is 9.01. The van der Waals surface area contributed by atoms with E-state index >= 15 is 0 Å². The van der Waals surface area contributed by atoms with Gasteiger partial charge < -0.3 is 0 Å². The summed E-state index contributed by atoms with van der Waals surface area (Å²) in [6.45, 7) is 3.37. The molecule has 0 aliphatic rings. The molecule has 0 spiro atoms. The highest BCUT2D eigenvalue weighted by molar-refractivity contribution is 9.10. The van der Waals surface area contributed by atoms with Crippen molar-refractivity contribution >= 4 is 32.7 Å². The van der Waals surface area contributed by atoms with Gasteiger partial charge in [0.1, 0.15) is 16.8 Å². The summed E-state index contributed by atoms with van der Waals surface area (Å²) in [5, 5.41) is -0.213. The van der Waals surface area contributed by atoms with Crippen molar-refractivity contribution in [3.8, 4) is 0 Å². The van der Waals surface area contributed by atoms with Crippen LogP contribution >= 0.6 is 15.9 Å². The predicted octanol–water partition coefficient (Wildman–Crippen LogP) is 3.35. The van der Waals surface area contributed by atoms with Crippen LogP contribution in [0.1, 0.15) is 19.4 Å². The zero-order valence-corrected chi connectivity index (χ0v) is 11.4. The van der Waals surface area contributed by atoms with E-state index in [0.717, 1.165) is 12.3 Å². The van der Waals surface area contributed by atoms with Crippen molar-refractivity contribution in [1.82, 2.24) is 4.98 Å². The van der Waals surface area contributed by atoms with Crippen molar-refractivity contribution in [2.75, 3.05) is 4.72 Å². The topological polar surface area (TPSA) is 42.0 Å². The van der Waals surface area contributed by atoms with Crippen LogP contribution in [0.4, 0.5) is 19.0 Å². The van der Waals surface area contributed by atoms with Gasteiger partial charge in [-0.15, -0.1) is 0 Å². The van der Waals surface area contributed by atoms with Crippen LogP contribution in [0.2, 0.25) is 0 Å². The third-order valence-electron chi connectivity index (χ3n) is 1.79. The molecule has 1 atom stereocenters. The molecule has 1 N–H and O–H groups in total. The molecule has 0 amide bonds. The van der Waals surface area contributed by atoms with Gasteiger partial charge in [-0.1, -0.05) is 0 Å². The van der Waals surface area contributed by atoms with Crippen molar-refractivity contribution in [1.29, 1.82) is 0 Å². The van der Waals surface area contributed by atoms with Crippen LogP contribution in [-0.2, 0) is 17.2 Å². The second kappa shape index (κ2) is 5.34. The van der Waals surface area contributed by atoms with E-state index in [1.807, 2.05) is 0 Å². The van der Waals surface area contributed by atoms with Gasteiger partial charge in [-0.25, -0.2) is 9.19 Å². The smallest absolute Gasteiger partial charge is 0.289 e. The molecular formula is C9H10BrF3N2OS. The predicted molar refractivity (Wildman–Crippen MR) is 63.8 cm³/mol. The van der Waals surface area contributed by atoms with Crippen molar-refractivity contribution in [2.45, 2.75) is 25.3 Å². The molecule has 8 heteroatoms. The first-order valence-electron chi connectivity index (χ1n) is 4.61.